The zero-order chi connectivity index (χ0) is 27.1. The van der Waals surface area contributed by atoms with Gasteiger partial charge in [0.05, 0.1) is 13.0 Å². The molecule has 3 unspecified atom stereocenters. The number of ether oxygens (including phenoxy) is 3. The van der Waals surface area contributed by atoms with Gasteiger partial charge in [0.2, 0.25) is 0 Å². The number of Topliss-reactive ketones (excluding diaryl/α,β-unsaturated/α-hetero) is 1. The summed E-state index contributed by atoms with van der Waals surface area (Å²) in [5.74, 6) is -1.37. The molecule has 0 aliphatic heterocycles. The van der Waals surface area contributed by atoms with Crippen LogP contribution in [0.25, 0.3) is 0 Å². The number of hydrogen-bond acceptors (Lipinski definition) is 7. The number of esters is 3. The monoisotopic (exact) mass is 498 g/mol. The van der Waals surface area contributed by atoms with Crippen molar-refractivity contribution in [3.63, 3.8) is 0 Å². The number of unbranched alkanes of at least 4 members (excludes halogenated alkanes) is 4. The van der Waals surface area contributed by atoms with Crippen molar-refractivity contribution in [2.75, 3.05) is 7.11 Å². The topological polar surface area (TPSA) is 96.0 Å². The molecule has 0 saturated heterocycles. The highest BCUT2D eigenvalue weighted by Crippen LogP contribution is 2.36. The molecule has 0 aromatic carbocycles. The lowest BCUT2D eigenvalue weighted by Gasteiger charge is -2.33. The normalized spacial score (nSPS) is 15.0. The molecule has 0 aliphatic rings. The van der Waals surface area contributed by atoms with Gasteiger partial charge in [-0.15, -0.1) is 0 Å². The van der Waals surface area contributed by atoms with Crippen LogP contribution in [0.5, 0.6) is 0 Å². The van der Waals surface area contributed by atoms with Gasteiger partial charge in [0.15, 0.2) is 0 Å². The SMILES string of the molecule is CCCCCC(CCCC(CCCCCC(C)C(=O)OC)(C(C)=O)C(=O)OC(C)(C)C)OC(C)=O. The van der Waals surface area contributed by atoms with Crippen LogP contribution in [0.15, 0.2) is 0 Å². The minimum atomic E-state index is -1.22. The summed E-state index contributed by atoms with van der Waals surface area (Å²) in [4.78, 5) is 49.4. The van der Waals surface area contributed by atoms with Gasteiger partial charge in [-0.3, -0.25) is 19.2 Å². The standard InChI is InChI=1S/C28H50O7/c1-9-10-12-17-24(34-23(4)30)18-15-20-28(22(3)29,26(32)35-27(5,6)7)19-14-11-13-16-21(2)25(31)33-8/h21,24H,9-20H2,1-8H3. The third kappa shape index (κ3) is 13.7. The summed E-state index contributed by atoms with van der Waals surface area (Å²) in [7, 11) is 1.39. The first-order chi connectivity index (χ1) is 16.3. The Hall–Kier alpha value is -1.92. The lowest BCUT2D eigenvalue weighted by molar-refractivity contribution is -0.171. The molecule has 0 aromatic heterocycles. The molecule has 0 bridgehead atoms. The Bertz CT molecular complexity index is 665. The molecule has 0 aromatic rings. The Morgan fingerprint density at radius 3 is 1.89 bits per heavy atom. The molecular weight excluding hydrogens is 448 g/mol. The zero-order valence-corrected chi connectivity index (χ0v) is 23.5. The summed E-state index contributed by atoms with van der Waals surface area (Å²) in [6.07, 6.45) is 8.65. The van der Waals surface area contributed by atoms with Gasteiger partial charge in [-0.25, -0.2) is 0 Å². The van der Waals surface area contributed by atoms with Gasteiger partial charge in [-0.2, -0.15) is 0 Å². The zero-order valence-electron chi connectivity index (χ0n) is 23.5. The molecule has 3 atom stereocenters. The summed E-state index contributed by atoms with van der Waals surface area (Å²) < 4.78 is 16.0. The first-order valence-corrected chi connectivity index (χ1v) is 13.3. The first kappa shape index (κ1) is 33.1. The molecule has 0 rings (SSSR count). The number of ketones is 1. The molecule has 35 heavy (non-hydrogen) atoms. The molecule has 0 N–H and O–H groups in total. The van der Waals surface area contributed by atoms with Crippen molar-refractivity contribution in [1.82, 2.24) is 0 Å². The second-order valence-corrected chi connectivity index (χ2v) is 10.8. The maximum Gasteiger partial charge on any atom is 0.320 e. The molecule has 204 valence electrons. The average molecular weight is 499 g/mol. The summed E-state index contributed by atoms with van der Waals surface area (Å²) >= 11 is 0. The fourth-order valence-corrected chi connectivity index (χ4v) is 4.32. The van der Waals surface area contributed by atoms with E-state index >= 15 is 0 Å². The van der Waals surface area contributed by atoms with Crippen LogP contribution < -0.4 is 0 Å². The van der Waals surface area contributed by atoms with Crippen LogP contribution in [0, 0.1) is 11.3 Å². The second-order valence-electron chi connectivity index (χ2n) is 10.8. The molecule has 0 heterocycles. The van der Waals surface area contributed by atoms with Crippen molar-refractivity contribution in [3.05, 3.63) is 0 Å². The highest BCUT2D eigenvalue weighted by atomic mass is 16.6. The van der Waals surface area contributed by atoms with E-state index in [1.807, 2.05) is 6.92 Å². The van der Waals surface area contributed by atoms with Crippen molar-refractivity contribution in [1.29, 1.82) is 0 Å². The van der Waals surface area contributed by atoms with E-state index in [4.69, 9.17) is 14.2 Å². The first-order valence-electron chi connectivity index (χ1n) is 13.3. The number of carbonyl (C=O) groups excluding carboxylic acids is 4. The van der Waals surface area contributed by atoms with Gasteiger partial charge >= 0.3 is 17.9 Å². The quantitative estimate of drug-likeness (QED) is 0.0940. The van der Waals surface area contributed by atoms with E-state index in [0.717, 1.165) is 38.5 Å². The fraction of sp³-hybridized carbons (Fsp3) is 0.857. The molecular formula is C28H50O7. The van der Waals surface area contributed by atoms with E-state index < -0.39 is 17.0 Å². The maximum absolute atomic E-state index is 13.3. The lowest BCUT2D eigenvalue weighted by atomic mass is 9.74. The molecule has 0 saturated carbocycles. The lowest BCUT2D eigenvalue weighted by Crippen LogP contribution is -2.43. The van der Waals surface area contributed by atoms with E-state index in [1.165, 1.54) is 21.0 Å². The number of hydrogen-bond donors (Lipinski definition) is 0. The number of methoxy groups -OCH3 is 1. The molecule has 0 spiro atoms. The van der Waals surface area contributed by atoms with Crippen LogP contribution in [-0.2, 0) is 33.4 Å². The second kappa shape index (κ2) is 16.7. The van der Waals surface area contributed by atoms with Crippen LogP contribution in [0.1, 0.15) is 126 Å². The van der Waals surface area contributed by atoms with Gasteiger partial charge in [0.1, 0.15) is 22.9 Å². The van der Waals surface area contributed by atoms with E-state index in [2.05, 4.69) is 6.92 Å². The third-order valence-electron chi connectivity index (χ3n) is 6.40. The Balaban J connectivity index is 5.31. The van der Waals surface area contributed by atoms with Gasteiger partial charge < -0.3 is 14.2 Å². The smallest absolute Gasteiger partial charge is 0.320 e. The van der Waals surface area contributed by atoms with Gasteiger partial charge in [0.25, 0.3) is 0 Å². The predicted molar refractivity (Wildman–Crippen MR) is 137 cm³/mol. The van der Waals surface area contributed by atoms with E-state index in [-0.39, 0.29) is 29.7 Å². The number of carbonyl (C=O) groups is 4. The molecule has 0 fully saturated rings. The average Bonchev–Trinajstić information content (AvgIpc) is 2.74. The predicted octanol–water partition coefficient (Wildman–Crippen LogP) is 6.35. The highest BCUT2D eigenvalue weighted by Gasteiger charge is 2.45. The Morgan fingerprint density at radius 1 is 0.800 bits per heavy atom. The highest BCUT2D eigenvalue weighted by molar-refractivity contribution is 6.02. The van der Waals surface area contributed by atoms with Crippen molar-refractivity contribution >= 4 is 23.7 Å². The summed E-state index contributed by atoms with van der Waals surface area (Å²) in [6.45, 7) is 12.2. The minimum absolute atomic E-state index is 0.172. The van der Waals surface area contributed by atoms with E-state index in [0.29, 0.717) is 38.5 Å². The van der Waals surface area contributed by atoms with Crippen molar-refractivity contribution in [2.24, 2.45) is 11.3 Å². The number of rotatable bonds is 18. The Kier molecular flexibility index (Phi) is 15.8. The summed E-state index contributed by atoms with van der Waals surface area (Å²) in [6, 6.07) is 0. The van der Waals surface area contributed by atoms with Crippen molar-refractivity contribution in [2.45, 2.75) is 137 Å². The molecule has 0 amide bonds. The van der Waals surface area contributed by atoms with Gasteiger partial charge in [-0.1, -0.05) is 46.0 Å². The third-order valence-corrected chi connectivity index (χ3v) is 6.40. The molecule has 7 nitrogen and oxygen atoms in total. The van der Waals surface area contributed by atoms with Crippen molar-refractivity contribution < 1.29 is 33.4 Å². The van der Waals surface area contributed by atoms with Crippen molar-refractivity contribution in [3.8, 4) is 0 Å². The van der Waals surface area contributed by atoms with E-state index in [1.54, 1.807) is 20.8 Å². The van der Waals surface area contributed by atoms with E-state index in [9.17, 15) is 19.2 Å². The van der Waals surface area contributed by atoms with Gasteiger partial charge in [-0.05, 0) is 72.6 Å². The molecule has 7 heteroatoms. The summed E-state index contributed by atoms with van der Waals surface area (Å²) in [5, 5.41) is 0. The fourth-order valence-electron chi connectivity index (χ4n) is 4.32. The molecule has 0 radical (unpaired) electrons. The molecule has 0 aliphatic carbocycles. The van der Waals surface area contributed by atoms with Crippen LogP contribution >= 0.6 is 0 Å². The maximum atomic E-state index is 13.3. The van der Waals surface area contributed by atoms with Gasteiger partial charge in [0, 0.05) is 6.92 Å². The summed E-state index contributed by atoms with van der Waals surface area (Å²) in [5.41, 5.74) is -1.92. The van der Waals surface area contributed by atoms with Crippen LogP contribution in [0.4, 0.5) is 0 Å². The Labute approximate surface area is 213 Å². The van der Waals surface area contributed by atoms with Crippen LogP contribution in [0.3, 0.4) is 0 Å². The largest absolute Gasteiger partial charge is 0.469 e. The van der Waals surface area contributed by atoms with Crippen LogP contribution in [-0.4, -0.2) is 42.5 Å². The minimum Gasteiger partial charge on any atom is -0.469 e. The van der Waals surface area contributed by atoms with Crippen LogP contribution in [0.2, 0.25) is 0 Å². The Morgan fingerprint density at radius 2 is 1.37 bits per heavy atom.